The summed E-state index contributed by atoms with van der Waals surface area (Å²) in [6.45, 7) is 3.45. The van der Waals surface area contributed by atoms with Crippen molar-refractivity contribution in [3.05, 3.63) is 51.8 Å². The van der Waals surface area contributed by atoms with Gasteiger partial charge in [0.05, 0.1) is 35.6 Å². The van der Waals surface area contributed by atoms with Gasteiger partial charge in [0.2, 0.25) is 0 Å². The SMILES string of the molecule is CCc1ccccc1C(N)c1c(Br)cnn1CCOC. The molecule has 1 unspecified atom stereocenters. The van der Waals surface area contributed by atoms with Gasteiger partial charge in [-0.15, -0.1) is 0 Å². The molecule has 0 aliphatic heterocycles. The Kier molecular flexibility index (Phi) is 5.34. The van der Waals surface area contributed by atoms with E-state index in [1.807, 2.05) is 16.8 Å². The minimum atomic E-state index is -0.195. The summed E-state index contributed by atoms with van der Waals surface area (Å²) in [7, 11) is 1.69. The van der Waals surface area contributed by atoms with Crippen molar-refractivity contribution in [3.63, 3.8) is 0 Å². The van der Waals surface area contributed by atoms with Crippen LogP contribution in [0.2, 0.25) is 0 Å². The van der Waals surface area contributed by atoms with Gasteiger partial charge in [0.25, 0.3) is 0 Å². The topological polar surface area (TPSA) is 53.1 Å². The predicted molar refractivity (Wildman–Crippen MR) is 83.7 cm³/mol. The molecule has 0 amide bonds. The van der Waals surface area contributed by atoms with Crippen LogP contribution in [0, 0.1) is 0 Å². The van der Waals surface area contributed by atoms with Gasteiger partial charge >= 0.3 is 0 Å². The highest BCUT2D eigenvalue weighted by Crippen LogP contribution is 2.28. The third-order valence-corrected chi connectivity index (χ3v) is 4.02. The zero-order valence-electron chi connectivity index (χ0n) is 11.8. The zero-order valence-corrected chi connectivity index (χ0v) is 13.4. The number of nitrogens with zero attached hydrogens (tertiary/aromatic N) is 2. The highest BCUT2D eigenvalue weighted by molar-refractivity contribution is 9.10. The molecule has 0 aliphatic carbocycles. The number of hydrogen-bond donors (Lipinski definition) is 1. The van der Waals surface area contributed by atoms with E-state index in [4.69, 9.17) is 10.5 Å². The number of nitrogens with two attached hydrogens (primary N) is 1. The van der Waals surface area contributed by atoms with E-state index in [0.29, 0.717) is 13.2 Å². The average molecular weight is 338 g/mol. The minimum absolute atomic E-state index is 0.195. The van der Waals surface area contributed by atoms with Crippen LogP contribution in [0.3, 0.4) is 0 Å². The number of halogens is 1. The lowest BCUT2D eigenvalue weighted by Gasteiger charge is -2.18. The normalized spacial score (nSPS) is 12.6. The lowest BCUT2D eigenvalue weighted by molar-refractivity contribution is 0.182. The van der Waals surface area contributed by atoms with Crippen molar-refractivity contribution in [1.82, 2.24) is 9.78 Å². The highest BCUT2D eigenvalue weighted by Gasteiger charge is 2.20. The molecule has 0 aliphatic rings. The molecule has 2 rings (SSSR count). The summed E-state index contributed by atoms with van der Waals surface area (Å²) in [5, 5.41) is 4.37. The Bertz CT molecular complexity index is 568. The second kappa shape index (κ2) is 7.02. The maximum Gasteiger partial charge on any atom is 0.0740 e. The first-order valence-corrected chi connectivity index (χ1v) is 7.51. The van der Waals surface area contributed by atoms with E-state index >= 15 is 0 Å². The van der Waals surface area contributed by atoms with Gasteiger partial charge in [-0.3, -0.25) is 4.68 Å². The molecule has 20 heavy (non-hydrogen) atoms. The Morgan fingerprint density at radius 1 is 1.40 bits per heavy atom. The monoisotopic (exact) mass is 337 g/mol. The lowest BCUT2D eigenvalue weighted by atomic mass is 9.97. The minimum Gasteiger partial charge on any atom is -0.383 e. The number of ether oxygens (including phenoxy) is 1. The average Bonchev–Trinajstić information content (AvgIpc) is 2.85. The van der Waals surface area contributed by atoms with Crippen LogP contribution in [0.4, 0.5) is 0 Å². The van der Waals surface area contributed by atoms with Crippen molar-refractivity contribution in [2.75, 3.05) is 13.7 Å². The van der Waals surface area contributed by atoms with E-state index in [-0.39, 0.29) is 6.04 Å². The van der Waals surface area contributed by atoms with Gasteiger partial charge < -0.3 is 10.5 Å². The number of benzene rings is 1. The highest BCUT2D eigenvalue weighted by atomic mass is 79.9. The van der Waals surface area contributed by atoms with Crippen molar-refractivity contribution < 1.29 is 4.74 Å². The lowest BCUT2D eigenvalue weighted by Crippen LogP contribution is -2.20. The van der Waals surface area contributed by atoms with E-state index in [2.05, 4.69) is 40.1 Å². The third kappa shape index (κ3) is 3.11. The molecular weight excluding hydrogens is 318 g/mol. The molecule has 0 saturated carbocycles. The molecule has 2 N–H and O–H groups in total. The van der Waals surface area contributed by atoms with Crippen molar-refractivity contribution in [2.45, 2.75) is 25.9 Å². The largest absolute Gasteiger partial charge is 0.383 e. The fourth-order valence-electron chi connectivity index (χ4n) is 2.34. The van der Waals surface area contributed by atoms with Crippen molar-refractivity contribution in [1.29, 1.82) is 0 Å². The fourth-order valence-corrected chi connectivity index (χ4v) is 2.89. The van der Waals surface area contributed by atoms with Crippen molar-refractivity contribution in [3.8, 4) is 0 Å². The van der Waals surface area contributed by atoms with Crippen LogP contribution in [-0.2, 0) is 17.7 Å². The second-order valence-electron chi connectivity index (χ2n) is 4.62. The fraction of sp³-hybridized carbons (Fsp3) is 0.400. The zero-order chi connectivity index (χ0) is 14.5. The van der Waals surface area contributed by atoms with Crippen LogP contribution in [0.25, 0.3) is 0 Å². The molecule has 1 heterocycles. The number of rotatable bonds is 6. The number of aromatic nitrogens is 2. The van der Waals surface area contributed by atoms with E-state index in [0.717, 1.165) is 22.2 Å². The van der Waals surface area contributed by atoms with Gasteiger partial charge in [-0.1, -0.05) is 31.2 Å². The standard InChI is InChI=1S/C15H20BrN3O/c1-3-11-6-4-5-7-12(11)14(17)15-13(16)10-18-19(15)8-9-20-2/h4-7,10,14H,3,8-9,17H2,1-2H3. The number of hydrogen-bond acceptors (Lipinski definition) is 3. The smallest absolute Gasteiger partial charge is 0.0740 e. The summed E-state index contributed by atoms with van der Waals surface area (Å²) in [6, 6.07) is 8.09. The number of aryl methyl sites for hydroxylation is 1. The summed E-state index contributed by atoms with van der Waals surface area (Å²) in [4.78, 5) is 0. The maximum atomic E-state index is 6.48. The van der Waals surface area contributed by atoms with Gasteiger partial charge in [0, 0.05) is 7.11 Å². The van der Waals surface area contributed by atoms with Crippen LogP contribution in [-0.4, -0.2) is 23.5 Å². The molecular formula is C15H20BrN3O. The van der Waals surface area contributed by atoms with E-state index in [1.165, 1.54) is 5.56 Å². The first kappa shape index (κ1) is 15.2. The first-order valence-electron chi connectivity index (χ1n) is 6.72. The van der Waals surface area contributed by atoms with Gasteiger partial charge in [-0.2, -0.15) is 5.10 Å². The second-order valence-corrected chi connectivity index (χ2v) is 5.48. The van der Waals surface area contributed by atoms with Gasteiger partial charge in [-0.25, -0.2) is 0 Å². The Morgan fingerprint density at radius 3 is 2.85 bits per heavy atom. The van der Waals surface area contributed by atoms with Gasteiger partial charge in [0.15, 0.2) is 0 Å². The van der Waals surface area contributed by atoms with Gasteiger partial charge in [-0.05, 0) is 33.5 Å². The van der Waals surface area contributed by atoms with E-state index in [9.17, 15) is 0 Å². The van der Waals surface area contributed by atoms with Crippen LogP contribution >= 0.6 is 15.9 Å². The van der Waals surface area contributed by atoms with Crippen molar-refractivity contribution in [2.24, 2.45) is 5.73 Å². The third-order valence-electron chi connectivity index (χ3n) is 3.41. The van der Waals surface area contributed by atoms with Crippen LogP contribution in [0.5, 0.6) is 0 Å². The molecule has 1 aromatic heterocycles. The molecule has 0 fully saturated rings. The molecule has 0 spiro atoms. The van der Waals surface area contributed by atoms with E-state index < -0.39 is 0 Å². The summed E-state index contributed by atoms with van der Waals surface area (Å²) < 4.78 is 7.97. The van der Waals surface area contributed by atoms with Crippen LogP contribution < -0.4 is 5.73 Å². The quantitative estimate of drug-likeness (QED) is 0.881. The molecule has 1 atom stereocenters. The predicted octanol–water partition coefficient (Wildman–Crippen LogP) is 2.90. The van der Waals surface area contributed by atoms with Gasteiger partial charge in [0.1, 0.15) is 0 Å². The van der Waals surface area contributed by atoms with E-state index in [1.54, 1.807) is 13.3 Å². The molecule has 1 aromatic carbocycles. The maximum absolute atomic E-state index is 6.48. The van der Waals surface area contributed by atoms with Crippen LogP contribution in [0.1, 0.15) is 29.8 Å². The Hall–Kier alpha value is -1.17. The molecule has 0 bridgehead atoms. The Labute approximate surface area is 128 Å². The summed E-state index contributed by atoms with van der Waals surface area (Å²) in [5.41, 5.74) is 9.89. The molecule has 4 nitrogen and oxygen atoms in total. The molecule has 5 heteroatoms. The summed E-state index contributed by atoms with van der Waals surface area (Å²) >= 11 is 3.55. The summed E-state index contributed by atoms with van der Waals surface area (Å²) in [6.07, 6.45) is 2.76. The molecule has 2 aromatic rings. The van der Waals surface area contributed by atoms with Crippen LogP contribution in [0.15, 0.2) is 34.9 Å². The molecule has 0 radical (unpaired) electrons. The Balaban J connectivity index is 2.37. The molecule has 0 saturated heterocycles. The van der Waals surface area contributed by atoms with Crippen molar-refractivity contribution >= 4 is 15.9 Å². The number of methoxy groups -OCH3 is 1. The first-order chi connectivity index (χ1) is 9.69. The Morgan fingerprint density at radius 2 is 2.15 bits per heavy atom. The molecule has 108 valence electrons. The summed E-state index contributed by atoms with van der Waals surface area (Å²) in [5.74, 6) is 0.